The predicted octanol–water partition coefficient (Wildman–Crippen LogP) is 3.23. The van der Waals surface area contributed by atoms with Crippen LogP contribution in [0.1, 0.15) is 71.1 Å². The smallest absolute Gasteiger partial charge is 0.270 e. The van der Waals surface area contributed by atoms with E-state index in [1.165, 1.54) is 23.4 Å². The Balaban J connectivity index is 1.11. The fourth-order valence-corrected chi connectivity index (χ4v) is 4.92. The fourth-order valence-electron chi connectivity index (χ4n) is 4.92. The van der Waals surface area contributed by atoms with Gasteiger partial charge in [-0.25, -0.2) is 19.9 Å². The van der Waals surface area contributed by atoms with Gasteiger partial charge in [0, 0.05) is 32.0 Å². The maximum atomic E-state index is 12.5. The van der Waals surface area contributed by atoms with Gasteiger partial charge in [-0.1, -0.05) is 26.0 Å². The van der Waals surface area contributed by atoms with E-state index >= 15 is 0 Å². The monoisotopic (exact) mass is 589 g/mol. The number of likely N-dealkylation sites (tertiary alicyclic amines) is 1. The van der Waals surface area contributed by atoms with Gasteiger partial charge in [0.25, 0.3) is 11.8 Å². The molecule has 2 amide bonds. The van der Waals surface area contributed by atoms with Crippen LogP contribution in [-0.2, 0) is 0 Å². The Bertz CT molecular complexity index is 1360. The maximum absolute atomic E-state index is 12.5. The van der Waals surface area contributed by atoms with Crippen LogP contribution in [0.15, 0.2) is 42.7 Å². The van der Waals surface area contributed by atoms with Crippen LogP contribution in [-0.4, -0.2) is 82.5 Å². The summed E-state index contributed by atoms with van der Waals surface area (Å²) >= 11 is 0. The van der Waals surface area contributed by atoms with Gasteiger partial charge in [-0.15, -0.1) is 0 Å². The number of aromatic nitrogens is 4. The summed E-state index contributed by atoms with van der Waals surface area (Å²) in [7, 11) is 0. The highest BCUT2D eigenvalue weighted by molar-refractivity contribution is 5.92. The van der Waals surface area contributed by atoms with Crippen molar-refractivity contribution in [3.8, 4) is 5.75 Å². The van der Waals surface area contributed by atoms with Crippen molar-refractivity contribution in [3.05, 3.63) is 65.2 Å². The van der Waals surface area contributed by atoms with Crippen molar-refractivity contribution >= 4 is 23.7 Å². The number of piperidine rings is 1. The van der Waals surface area contributed by atoms with Crippen LogP contribution >= 0.6 is 0 Å². The number of ether oxygens (including phenoxy) is 1. The van der Waals surface area contributed by atoms with E-state index in [-0.39, 0.29) is 23.2 Å². The van der Waals surface area contributed by atoms with Gasteiger partial charge in [0.1, 0.15) is 17.1 Å². The number of anilines is 2. The van der Waals surface area contributed by atoms with Gasteiger partial charge in [0.2, 0.25) is 11.9 Å². The number of carbonyl (C=O) groups excluding carboxylic acids is 2. The molecule has 0 spiro atoms. The quantitative estimate of drug-likeness (QED) is 0.194. The first kappa shape index (κ1) is 31.6. The highest BCUT2D eigenvalue weighted by Gasteiger charge is 2.20. The molecule has 3 aromatic rings. The molecule has 1 aliphatic rings. The average Bonchev–Trinajstić information content (AvgIpc) is 3.01. The number of amides is 2. The Morgan fingerprint density at radius 2 is 1.65 bits per heavy atom. The molecular weight excluding hydrogens is 546 g/mol. The molecule has 3 heterocycles. The highest BCUT2D eigenvalue weighted by atomic mass is 16.5. The number of nitrogens with two attached hydrogens (primary N) is 1. The Morgan fingerprint density at radius 3 is 2.35 bits per heavy atom. The fraction of sp³-hybridized carbons (Fsp3) is 0.484. The lowest BCUT2D eigenvalue weighted by atomic mass is 9.97. The third kappa shape index (κ3) is 9.88. The van der Waals surface area contributed by atoms with Crippen molar-refractivity contribution in [2.24, 2.45) is 11.7 Å². The molecule has 0 radical (unpaired) electrons. The minimum absolute atomic E-state index is 0.118. The second kappa shape index (κ2) is 15.8. The Kier molecular flexibility index (Phi) is 11.6. The third-order valence-corrected chi connectivity index (χ3v) is 7.40. The summed E-state index contributed by atoms with van der Waals surface area (Å²) in [5.41, 5.74) is 8.14. The maximum Gasteiger partial charge on any atom is 0.270 e. The van der Waals surface area contributed by atoms with Crippen LogP contribution < -0.4 is 26.4 Å². The van der Waals surface area contributed by atoms with Gasteiger partial charge in [-0.2, -0.15) is 0 Å². The molecule has 1 aromatic carbocycles. The molecule has 0 bridgehead atoms. The standard InChI is InChI=1S/C31H43N9O3/c1-21(2)24-6-5-22(3)19-27(24)43-20-23-9-17-40(18-10-23)16-4-11-34-30-36-13-8-26(39-30)29(42)33-14-15-37-31-35-12-7-25(38-31)28(32)41/h5-8,12-13,19,21,23H,4,9-11,14-18,20H2,1-3H3,(H2,32,41)(H,33,42)(H,34,36,39)(H,35,37,38). The molecule has 12 nitrogen and oxygen atoms in total. The molecule has 1 fully saturated rings. The molecule has 5 N–H and O–H groups in total. The number of hydrogen-bond acceptors (Lipinski definition) is 10. The van der Waals surface area contributed by atoms with E-state index in [0.29, 0.717) is 37.4 Å². The number of carbonyl (C=O) groups is 2. The van der Waals surface area contributed by atoms with Crippen LogP contribution in [0.4, 0.5) is 11.9 Å². The number of nitrogens with zero attached hydrogens (tertiary/aromatic N) is 5. The van der Waals surface area contributed by atoms with Crippen molar-refractivity contribution in [3.63, 3.8) is 0 Å². The first-order chi connectivity index (χ1) is 20.8. The van der Waals surface area contributed by atoms with E-state index in [0.717, 1.165) is 51.3 Å². The number of aryl methyl sites for hydroxylation is 1. The minimum atomic E-state index is -0.632. The topological polar surface area (TPSA) is 160 Å². The van der Waals surface area contributed by atoms with Crippen molar-refractivity contribution in [1.82, 2.24) is 30.2 Å². The van der Waals surface area contributed by atoms with Crippen LogP contribution in [0, 0.1) is 12.8 Å². The molecule has 1 aliphatic heterocycles. The lowest BCUT2D eigenvalue weighted by molar-refractivity contribution is 0.0949. The first-order valence-electron chi connectivity index (χ1n) is 15.0. The van der Waals surface area contributed by atoms with Crippen molar-refractivity contribution in [1.29, 1.82) is 0 Å². The molecule has 4 rings (SSSR count). The molecule has 2 aromatic heterocycles. The van der Waals surface area contributed by atoms with Gasteiger partial charge in [-0.05, 0) is 87.0 Å². The minimum Gasteiger partial charge on any atom is -0.493 e. The van der Waals surface area contributed by atoms with Gasteiger partial charge in [0.05, 0.1) is 6.61 Å². The summed E-state index contributed by atoms with van der Waals surface area (Å²) in [5, 5.41) is 8.97. The zero-order valence-electron chi connectivity index (χ0n) is 25.3. The SMILES string of the molecule is Cc1ccc(C(C)C)c(OCC2CCN(CCCNc3nccc(C(=O)NCCNc4nccc(C(N)=O)n4)n3)CC2)c1. The molecule has 43 heavy (non-hydrogen) atoms. The van der Waals surface area contributed by atoms with E-state index in [2.05, 4.69) is 79.8 Å². The average molecular weight is 590 g/mol. The summed E-state index contributed by atoms with van der Waals surface area (Å²) in [5.74, 6) is 1.80. The molecule has 230 valence electrons. The zero-order chi connectivity index (χ0) is 30.6. The van der Waals surface area contributed by atoms with E-state index in [9.17, 15) is 9.59 Å². The Labute approximate surface area is 253 Å². The molecule has 0 saturated carbocycles. The summed E-state index contributed by atoms with van der Waals surface area (Å²) in [4.78, 5) is 42.9. The van der Waals surface area contributed by atoms with Gasteiger partial charge in [-0.3, -0.25) is 9.59 Å². The highest BCUT2D eigenvalue weighted by Crippen LogP contribution is 2.29. The summed E-state index contributed by atoms with van der Waals surface area (Å²) in [6.07, 6.45) is 6.24. The number of nitrogens with one attached hydrogen (secondary N) is 3. The first-order valence-corrected chi connectivity index (χ1v) is 15.0. The molecule has 0 unspecified atom stereocenters. The van der Waals surface area contributed by atoms with E-state index in [4.69, 9.17) is 10.5 Å². The largest absolute Gasteiger partial charge is 0.493 e. The molecule has 12 heteroatoms. The number of primary amides is 1. The second-order valence-corrected chi connectivity index (χ2v) is 11.2. The Morgan fingerprint density at radius 1 is 0.977 bits per heavy atom. The number of rotatable bonds is 15. The normalized spacial score (nSPS) is 14.0. The number of hydrogen-bond donors (Lipinski definition) is 4. The number of benzene rings is 1. The summed E-state index contributed by atoms with van der Waals surface area (Å²) < 4.78 is 6.29. The lowest BCUT2D eigenvalue weighted by Gasteiger charge is -2.32. The molecule has 0 atom stereocenters. The van der Waals surface area contributed by atoms with Crippen LogP contribution in [0.25, 0.3) is 0 Å². The van der Waals surface area contributed by atoms with Crippen LogP contribution in [0.2, 0.25) is 0 Å². The third-order valence-electron chi connectivity index (χ3n) is 7.40. The van der Waals surface area contributed by atoms with Gasteiger partial charge < -0.3 is 31.3 Å². The second-order valence-electron chi connectivity index (χ2n) is 11.2. The van der Waals surface area contributed by atoms with Crippen LogP contribution in [0.3, 0.4) is 0 Å². The molecule has 1 saturated heterocycles. The zero-order valence-corrected chi connectivity index (χ0v) is 25.3. The van der Waals surface area contributed by atoms with Gasteiger partial charge in [0.15, 0.2) is 0 Å². The summed E-state index contributed by atoms with van der Waals surface area (Å²) in [6.45, 7) is 11.8. The molecular formula is C31H43N9O3. The van der Waals surface area contributed by atoms with Crippen molar-refractivity contribution in [2.75, 3.05) is 56.5 Å². The van der Waals surface area contributed by atoms with Crippen LogP contribution in [0.5, 0.6) is 5.75 Å². The van der Waals surface area contributed by atoms with Gasteiger partial charge >= 0.3 is 0 Å². The van der Waals surface area contributed by atoms with E-state index < -0.39 is 5.91 Å². The lowest BCUT2D eigenvalue weighted by Crippen LogP contribution is -2.36. The summed E-state index contributed by atoms with van der Waals surface area (Å²) in [6, 6.07) is 9.52. The Hall–Kier alpha value is -4.32. The van der Waals surface area contributed by atoms with E-state index in [1.807, 2.05) is 0 Å². The van der Waals surface area contributed by atoms with E-state index in [1.54, 1.807) is 12.3 Å². The van der Waals surface area contributed by atoms with Crippen molar-refractivity contribution in [2.45, 2.75) is 46.0 Å². The molecule has 0 aliphatic carbocycles. The predicted molar refractivity (Wildman–Crippen MR) is 166 cm³/mol. The van der Waals surface area contributed by atoms with Crippen molar-refractivity contribution < 1.29 is 14.3 Å².